The molecule has 2 aromatic rings. The zero-order chi connectivity index (χ0) is 13.7. The average Bonchev–Trinajstić information content (AvgIpc) is 2.47. The second-order valence-electron chi connectivity index (χ2n) is 3.97. The molecule has 2 N–H and O–H groups in total. The van der Waals surface area contributed by atoms with E-state index in [4.69, 9.17) is 0 Å². The van der Waals surface area contributed by atoms with Crippen molar-refractivity contribution in [3.05, 3.63) is 59.7 Å². The molecule has 0 heterocycles. The number of benzene rings is 2. The highest BCUT2D eigenvalue weighted by molar-refractivity contribution is 7.98. The molecule has 0 aliphatic rings. The van der Waals surface area contributed by atoms with Gasteiger partial charge in [-0.15, -0.1) is 11.8 Å². The monoisotopic (exact) mass is 273 g/mol. The Kier molecular flexibility index (Phi) is 4.60. The van der Waals surface area contributed by atoms with Gasteiger partial charge < -0.3 is 10.4 Å². The Morgan fingerprint density at radius 2 is 1.84 bits per heavy atom. The van der Waals surface area contributed by atoms with Gasteiger partial charge in [0.15, 0.2) is 0 Å². The van der Waals surface area contributed by atoms with E-state index in [9.17, 15) is 9.90 Å². The van der Waals surface area contributed by atoms with Crippen molar-refractivity contribution in [1.82, 2.24) is 0 Å². The summed E-state index contributed by atoms with van der Waals surface area (Å²) in [4.78, 5) is 13.2. The Bertz CT molecular complexity index is 584. The zero-order valence-electron chi connectivity index (χ0n) is 10.6. The van der Waals surface area contributed by atoms with Crippen molar-refractivity contribution in [2.24, 2.45) is 0 Å². The number of hydrogen-bond acceptors (Lipinski definition) is 3. The first-order chi connectivity index (χ1) is 9.26. The van der Waals surface area contributed by atoms with Crippen molar-refractivity contribution < 1.29 is 9.90 Å². The van der Waals surface area contributed by atoms with E-state index in [1.54, 1.807) is 18.2 Å². The lowest BCUT2D eigenvalue weighted by molar-refractivity contribution is 0.102. The van der Waals surface area contributed by atoms with Gasteiger partial charge >= 0.3 is 0 Å². The Labute approximate surface area is 116 Å². The fraction of sp³-hybridized carbons (Fsp3) is 0.133. The number of anilines is 1. The molecular formula is C15H15NO2S. The third-order valence-corrected chi connectivity index (χ3v) is 3.58. The molecule has 0 saturated carbocycles. The molecule has 0 radical (unpaired) electrons. The number of amides is 1. The molecule has 0 aliphatic heterocycles. The van der Waals surface area contributed by atoms with Gasteiger partial charge in [0.2, 0.25) is 0 Å². The van der Waals surface area contributed by atoms with Crippen LogP contribution >= 0.6 is 11.8 Å². The Balaban J connectivity index is 2.26. The molecule has 0 saturated heterocycles. The third kappa shape index (κ3) is 3.16. The summed E-state index contributed by atoms with van der Waals surface area (Å²) >= 11 is 1.53. The number of carbonyl (C=O) groups excluding carboxylic acids is 1. The van der Waals surface area contributed by atoms with Crippen LogP contribution < -0.4 is 5.32 Å². The van der Waals surface area contributed by atoms with Gasteiger partial charge in [-0.05, 0) is 24.5 Å². The van der Waals surface area contributed by atoms with E-state index in [1.807, 2.05) is 36.6 Å². The van der Waals surface area contributed by atoms with Crippen LogP contribution in [0.25, 0.3) is 0 Å². The molecule has 98 valence electrons. The van der Waals surface area contributed by atoms with Crippen LogP contribution in [-0.4, -0.2) is 17.3 Å². The molecule has 3 nitrogen and oxygen atoms in total. The number of rotatable bonds is 4. The van der Waals surface area contributed by atoms with E-state index in [2.05, 4.69) is 5.32 Å². The summed E-state index contributed by atoms with van der Waals surface area (Å²) < 4.78 is 0. The summed E-state index contributed by atoms with van der Waals surface area (Å²) in [6.45, 7) is -0.0966. The minimum atomic E-state index is -0.161. The van der Waals surface area contributed by atoms with Crippen LogP contribution in [0.2, 0.25) is 0 Å². The summed E-state index contributed by atoms with van der Waals surface area (Å²) in [5.74, 6) is -0.161. The quantitative estimate of drug-likeness (QED) is 0.841. The number of thioether (sulfide) groups is 1. The van der Waals surface area contributed by atoms with Crippen molar-refractivity contribution in [2.45, 2.75) is 11.5 Å². The summed E-state index contributed by atoms with van der Waals surface area (Å²) in [7, 11) is 0. The summed E-state index contributed by atoms with van der Waals surface area (Å²) in [5, 5.41) is 12.1. The molecule has 4 heteroatoms. The van der Waals surface area contributed by atoms with E-state index >= 15 is 0 Å². The largest absolute Gasteiger partial charge is 0.392 e. The van der Waals surface area contributed by atoms with E-state index < -0.39 is 0 Å². The fourth-order valence-corrected chi connectivity index (χ4v) is 2.40. The van der Waals surface area contributed by atoms with Gasteiger partial charge in [-0.1, -0.05) is 30.3 Å². The van der Waals surface area contributed by atoms with Gasteiger partial charge in [0.1, 0.15) is 0 Å². The molecule has 0 fully saturated rings. The van der Waals surface area contributed by atoms with Gasteiger partial charge in [0, 0.05) is 16.1 Å². The maximum absolute atomic E-state index is 12.3. The molecule has 0 aliphatic carbocycles. The summed E-state index contributed by atoms with van der Waals surface area (Å²) in [6, 6.07) is 14.7. The SMILES string of the molecule is CSc1ccccc1C(=O)Nc1ccccc1CO. The lowest BCUT2D eigenvalue weighted by Crippen LogP contribution is -2.14. The molecule has 2 rings (SSSR count). The summed E-state index contributed by atoms with van der Waals surface area (Å²) in [5.41, 5.74) is 1.99. The van der Waals surface area contributed by atoms with E-state index in [0.717, 1.165) is 4.90 Å². The first-order valence-corrected chi connectivity index (χ1v) is 7.12. The van der Waals surface area contributed by atoms with Crippen molar-refractivity contribution >= 4 is 23.4 Å². The molecule has 2 aromatic carbocycles. The molecule has 1 amide bonds. The van der Waals surface area contributed by atoms with E-state index in [1.165, 1.54) is 11.8 Å². The number of aliphatic hydroxyl groups is 1. The van der Waals surface area contributed by atoms with Crippen molar-refractivity contribution in [2.75, 3.05) is 11.6 Å². The molecule has 19 heavy (non-hydrogen) atoms. The molecule has 0 spiro atoms. The Hall–Kier alpha value is -1.78. The highest BCUT2D eigenvalue weighted by Crippen LogP contribution is 2.22. The van der Waals surface area contributed by atoms with Crippen LogP contribution in [-0.2, 0) is 6.61 Å². The molecule has 0 aromatic heterocycles. The van der Waals surface area contributed by atoms with Crippen molar-refractivity contribution in [3.63, 3.8) is 0 Å². The lowest BCUT2D eigenvalue weighted by Gasteiger charge is -2.11. The number of para-hydroxylation sites is 1. The maximum Gasteiger partial charge on any atom is 0.256 e. The second-order valence-corrected chi connectivity index (χ2v) is 4.82. The van der Waals surface area contributed by atoms with Gasteiger partial charge in [-0.25, -0.2) is 0 Å². The van der Waals surface area contributed by atoms with Gasteiger partial charge in [0.05, 0.1) is 12.2 Å². The van der Waals surface area contributed by atoms with Crippen LogP contribution in [0.1, 0.15) is 15.9 Å². The van der Waals surface area contributed by atoms with Gasteiger partial charge in [0.25, 0.3) is 5.91 Å². The molecule has 0 atom stereocenters. The minimum absolute atomic E-state index is 0.0966. The summed E-state index contributed by atoms with van der Waals surface area (Å²) in [6.07, 6.45) is 1.94. The average molecular weight is 273 g/mol. The number of aliphatic hydroxyl groups excluding tert-OH is 1. The fourth-order valence-electron chi connectivity index (χ4n) is 1.80. The zero-order valence-corrected chi connectivity index (χ0v) is 11.4. The predicted molar refractivity (Wildman–Crippen MR) is 78.5 cm³/mol. The predicted octanol–water partition coefficient (Wildman–Crippen LogP) is 3.15. The topological polar surface area (TPSA) is 49.3 Å². The number of carbonyl (C=O) groups is 1. The Morgan fingerprint density at radius 1 is 1.16 bits per heavy atom. The molecular weight excluding hydrogens is 258 g/mol. The van der Waals surface area contributed by atoms with Crippen molar-refractivity contribution in [3.8, 4) is 0 Å². The normalized spacial score (nSPS) is 10.2. The van der Waals surface area contributed by atoms with Crippen LogP contribution in [0.3, 0.4) is 0 Å². The van der Waals surface area contributed by atoms with Crippen LogP contribution in [0.15, 0.2) is 53.4 Å². The first kappa shape index (κ1) is 13.6. The highest BCUT2D eigenvalue weighted by atomic mass is 32.2. The standard InChI is InChI=1S/C15H15NO2S/c1-19-14-9-5-3-7-12(14)15(18)16-13-8-4-2-6-11(13)10-17/h2-9,17H,10H2,1H3,(H,16,18). The number of nitrogens with one attached hydrogen (secondary N) is 1. The Morgan fingerprint density at radius 3 is 2.58 bits per heavy atom. The minimum Gasteiger partial charge on any atom is -0.392 e. The van der Waals surface area contributed by atoms with E-state index in [-0.39, 0.29) is 12.5 Å². The van der Waals surface area contributed by atoms with Crippen LogP contribution in [0.5, 0.6) is 0 Å². The first-order valence-electron chi connectivity index (χ1n) is 5.89. The van der Waals surface area contributed by atoms with Crippen LogP contribution in [0.4, 0.5) is 5.69 Å². The second kappa shape index (κ2) is 6.41. The molecule has 0 unspecified atom stereocenters. The lowest BCUT2D eigenvalue weighted by atomic mass is 10.1. The van der Waals surface area contributed by atoms with E-state index in [0.29, 0.717) is 16.8 Å². The van der Waals surface area contributed by atoms with Crippen molar-refractivity contribution in [1.29, 1.82) is 0 Å². The van der Waals surface area contributed by atoms with Gasteiger partial charge in [-0.3, -0.25) is 4.79 Å². The smallest absolute Gasteiger partial charge is 0.256 e. The maximum atomic E-state index is 12.3. The molecule has 0 bridgehead atoms. The number of hydrogen-bond donors (Lipinski definition) is 2. The highest BCUT2D eigenvalue weighted by Gasteiger charge is 2.11. The van der Waals surface area contributed by atoms with Crippen LogP contribution in [0, 0.1) is 0 Å². The van der Waals surface area contributed by atoms with Gasteiger partial charge in [-0.2, -0.15) is 0 Å². The third-order valence-electron chi connectivity index (χ3n) is 2.79.